The van der Waals surface area contributed by atoms with Gasteiger partial charge in [-0.05, 0) is 42.8 Å². The van der Waals surface area contributed by atoms with E-state index in [0.29, 0.717) is 5.56 Å². The van der Waals surface area contributed by atoms with Gasteiger partial charge >= 0.3 is 0 Å². The second-order valence-electron chi connectivity index (χ2n) is 6.99. The molecule has 6 heteroatoms. The molecule has 3 heterocycles. The van der Waals surface area contributed by atoms with Crippen molar-refractivity contribution < 1.29 is 4.52 Å². The zero-order valence-electron chi connectivity index (χ0n) is 17.8. The summed E-state index contributed by atoms with van der Waals surface area (Å²) in [5.41, 5.74) is 7.78. The van der Waals surface area contributed by atoms with Gasteiger partial charge in [0, 0.05) is 53.4 Å². The smallest absolute Gasteiger partial charge is 0.146 e. The van der Waals surface area contributed by atoms with E-state index in [1.807, 2.05) is 57.4 Å². The molecule has 0 N–H and O–H groups in total. The lowest BCUT2D eigenvalue weighted by molar-refractivity contribution is 0.381. The van der Waals surface area contributed by atoms with Crippen LogP contribution in [0.2, 0.25) is 0 Å². The first-order valence-electron chi connectivity index (χ1n) is 10.4. The number of anilines is 2. The van der Waals surface area contributed by atoms with Crippen molar-refractivity contribution >= 4 is 11.4 Å². The molecular formula is C25H23N5O. The first-order chi connectivity index (χ1) is 15.2. The molecule has 154 valence electrons. The van der Waals surface area contributed by atoms with Gasteiger partial charge in [-0.15, -0.1) is 0 Å². The van der Waals surface area contributed by atoms with Crippen molar-refractivity contribution in [2.75, 3.05) is 11.4 Å². The van der Waals surface area contributed by atoms with Gasteiger partial charge in [-0.3, -0.25) is 0 Å². The fraction of sp³-hybridized carbons (Fsp3) is 0.200. The van der Waals surface area contributed by atoms with Crippen molar-refractivity contribution in [2.24, 2.45) is 0 Å². The monoisotopic (exact) mass is 409 g/mol. The summed E-state index contributed by atoms with van der Waals surface area (Å²) in [6, 6.07) is 16.2. The number of fused-ring (bicyclic) bond motifs is 3. The summed E-state index contributed by atoms with van der Waals surface area (Å²) in [6.45, 7) is 6.72. The Bertz CT molecular complexity index is 1220. The highest BCUT2D eigenvalue weighted by atomic mass is 16.5. The van der Waals surface area contributed by atoms with Crippen LogP contribution in [-0.2, 0) is 6.42 Å². The molecule has 0 aliphatic carbocycles. The molecule has 2 aromatic heterocycles. The van der Waals surface area contributed by atoms with Crippen LogP contribution in [0.4, 0.5) is 11.4 Å². The van der Waals surface area contributed by atoms with Gasteiger partial charge in [-0.2, -0.15) is 5.26 Å². The lowest BCUT2D eigenvalue weighted by Crippen LogP contribution is -2.19. The molecule has 0 amide bonds. The fourth-order valence-electron chi connectivity index (χ4n) is 3.84. The van der Waals surface area contributed by atoms with E-state index in [-0.39, 0.29) is 0 Å². The fourth-order valence-corrected chi connectivity index (χ4v) is 3.84. The Labute approximate surface area is 181 Å². The normalized spacial score (nSPS) is 12.0. The SMILES string of the molecule is CC.Cc1noc2c1-c1ccc(-c3cncnc3)cc1N(c1ccc(C#N)cc1)CC2. The van der Waals surface area contributed by atoms with E-state index in [4.69, 9.17) is 9.78 Å². The van der Waals surface area contributed by atoms with Gasteiger partial charge in [0.2, 0.25) is 0 Å². The van der Waals surface area contributed by atoms with Crippen molar-refractivity contribution in [1.29, 1.82) is 5.26 Å². The average Bonchev–Trinajstić information content (AvgIpc) is 3.12. The molecule has 0 radical (unpaired) electrons. The van der Waals surface area contributed by atoms with E-state index in [0.717, 1.165) is 58.0 Å². The number of aromatic nitrogens is 3. The van der Waals surface area contributed by atoms with Crippen LogP contribution in [0.5, 0.6) is 0 Å². The van der Waals surface area contributed by atoms with Crippen LogP contribution >= 0.6 is 0 Å². The van der Waals surface area contributed by atoms with Crippen LogP contribution < -0.4 is 4.90 Å². The third-order valence-electron chi connectivity index (χ3n) is 5.26. The number of aryl methyl sites for hydroxylation is 1. The number of rotatable bonds is 2. The number of nitriles is 1. The molecule has 0 saturated heterocycles. The molecule has 4 aromatic rings. The van der Waals surface area contributed by atoms with E-state index in [1.54, 1.807) is 0 Å². The Morgan fingerprint density at radius 1 is 1.00 bits per heavy atom. The maximum Gasteiger partial charge on any atom is 0.146 e. The Balaban J connectivity index is 0.00000112. The molecule has 6 nitrogen and oxygen atoms in total. The molecule has 2 aromatic carbocycles. The second kappa shape index (κ2) is 8.80. The molecule has 0 saturated carbocycles. The minimum atomic E-state index is 0.644. The maximum atomic E-state index is 9.13. The van der Waals surface area contributed by atoms with Crippen LogP contribution in [0.3, 0.4) is 0 Å². The van der Waals surface area contributed by atoms with E-state index in [2.05, 4.69) is 44.3 Å². The van der Waals surface area contributed by atoms with Crippen molar-refractivity contribution in [1.82, 2.24) is 15.1 Å². The summed E-state index contributed by atoms with van der Waals surface area (Å²) in [4.78, 5) is 10.6. The highest BCUT2D eigenvalue weighted by Crippen LogP contribution is 2.43. The van der Waals surface area contributed by atoms with Crippen molar-refractivity contribution in [3.63, 3.8) is 0 Å². The Kier molecular flexibility index (Phi) is 5.76. The zero-order valence-corrected chi connectivity index (χ0v) is 17.8. The maximum absolute atomic E-state index is 9.13. The highest BCUT2D eigenvalue weighted by molar-refractivity contribution is 5.88. The predicted octanol–water partition coefficient (Wildman–Crippen LogP) is 5.70. The summed E-state index contributed by atoms with van der Waals surface area (Å²) in [7, 11) is 0. The number of hydrogen-bond acceptors (Lipinski definition) is 6. The first-order valence-corrected chi connectivity index (χ1v) is 10.4. The van der Waals surface area contributed by atoms with Crippen LogP contribution in [0.15, 0.2) is 65.7 Å². The highest BCUT2D eigenvalue weighted by Gasteiger charge is 2.26. The molecular weight excluding hydrogens is 386 g/mol. The molecule has 31 heavy (non-hydrogen) atoms. The quantitative estimate of drug-likeness (QED) is 0.423. The minimum absolute atomic E-state index is 0.644. The topological polar surface area (TPSA) is 78.8 Å². The molecule has 1 aliphatic heterocycles. The average molecular weight is 409 g/mol. The van der Waals surface area contributed by atoms with Gasteiger partial charge in [0.25, 0.3) is 0 Å². The number of nitrogens with zero attached hydrogens (tertiary/aromatic N) is 5. The molecule has 0 bridgehead atoms. The van der Waals surface area contributed by atoms with Crippen LogP contribution in [0, 0.1) is 18.3 Å². The second-order valence-corrected chi connectivity index (χ2v) is 6.99. The van der Waals surface area contributed by atoms with Crippen LogP contribution in [0.25, 0.3) is 22.3 Å². The molecule has 0 fully saturated rings. The van der Waals surface area contributed by atoms with E-state index in [1.165, 1.54) is 6.33 Å². The summed E-state index contributed by atoms with van der Waals surface area (Å²) >= 11 is 0. The summed E-state index contributed by atoms with van der Waals surface area (Å²) < 4.78 is 5.62. The molecule has 5 rings (SSSR count). The molecule has 0 unspecified atom stereocenters. The number of benzene rings is 2. The summed E-state index contributed by atoms with van der Waals surface area (Å²) in [5, 5.41) is 13.3. The van der Waals surface area contributed by atoms with Gasteiger partial charge in [0.05, 0.1) is 17.3 Å². The van der Waals surface area contributed by atoms with E-state index < -0.39 is 0 Å². The summed E-state index contributed by atoms with van der Waals surface area (Å²) in [5.74, 6) is 0.899. The third-order valence-corrected chi connectivity index (χ3v) is 5.26. The van der Waals surface area contributed by atoms with Gasteiger partial charge in [-0.25, -0.2) is 9.97 Å². The first kappa shape index (κ1) is 20.3. The molecule has 1 aliphatic rings. The predicted molar refractivity (Wildman–Crippen MR) is 121 cm³/mol. The van der Waals surface area contributed by atoms with Crippen molar-refractivity contribution in [3.05, 3.63) is 78.2 Å². The Morgan fingerprint density at radius 3 is 2.45 bits per heavy atom. The van der Waals surface area contributed by atoms with Crippen molar-refractivity contribution in [3.8, 4) is 28.3 Å². The summed E-state index contributed by atoms with van der Waals surface area (Å²) in [6.07, 6.45) is 5.90. The standard InChI is InChI=1S/C23H17N5O.C2H6/c1-15-23-20-7-4-17(18-12-25-14-26-13-18)10-21(20)28(9-8-22(23)29-27-15)19-5-2-16(11-24)3-6-19;1-2/h2-7,10,12-14H,8-9H2,1H3;1-2H3. The zero-order chi connectivity index (χ0) is 21.8. The van der Waals surface area contributed by atoms with Crippen molar-refractivity contribution in [2.45, 2.75) is 27.2 Å². The molecule has 0 spiro atoms. The van der Waals surface area contributed by atoms with Gasteiger partial charge in [0.15, 0.2) is 0 Å². The lowest BCUT2D eigenvalue weighted by atomic mass is 9.98. The van der Waals surface area contributed by atoms with Gasteiger partial charge in [0.1, 0.15) is 12.1 Å². The van der Waals surface area contributed by atoms with Crippen LogP contribution in [0.1, 0.15) is 30.9 Å². The number of hydrogen-bond donors (Lipinski definition) is 0. The van der Waals surface area contributed by atoms with Crippen LogP contribution in [-0.4, -0.2) is 21.7 Å². The minimum Gasteiger partial charge on any atom is -0.360 e. The Morgan fingerprint density at radius 2 is 1.74 bits per heavy atom. The van der Waals surface area contributed by atoms with E-state index in [9.17, 15) is 0 Å². The Hall–Kier alpha value is -3.98. The van der Waals surface area contributed by atoms with Gasteiger partial charge < -0.3 is 9.42 Å². The largest absolute Gasteiger partial charge is 0.360 e. The molecule has 0 atom stereocenters. The van der Waals surface area contributed by atoms with Gasteiger partial charge in [-0.1, -0.05) is 31.1 Å². The lowest BCUT2D eigenvalue weighted by Gasteiger charge is -2.26. The third kappa shape index (κ3) is 3.78. The van der Waals surface area contributed by atoms with E-state index >= 15 is 0 Å².